The van der Waals surface area contributed by atoms with E-state index in [1.165, 1.54) is 0 Å². The average Bonchev–Trinajstić information content (AvgIpc) is 2.06. The van der Waals surface area contributed by atoms with E-state index >= 15 is 0 Å². The molecule has 0 aliphatic carbocycles. The van der Waals surface area contributed by atoms with Gasteiger partial charge < -0.3 is 5.11 Å². The quantitative estimate of drug-likeness (QED) is 0.805. The number of aromatic carboxylic acids is 1. The van der Waals surface area contributed by atoms with Crippen LogP contribution in [0.2, 0.25) is 0 Å². The SMILES string of the molecule is O=C(O)c1cc(C(F)(F)F)cc(Br)c1F. The number of alkyl halides is 3. The van der Waals surface area contributed by atoms with E-state index in [4.69, 9.17) is 5.11 Å². The Balaban J connectivity index is 3.43. The normalized spacial score (nSPS) is 11.5. The molecule has 0 saturated carbocycles. The Morgan fingerprint density at radius 3 is 2.27 bits per heavy atom. The van der Waals surface area contributed by atoms with Gasteiger partial charge in [0.2, 0.25) is 0 Å². The van der Waals surface area contributed by atoms with Crippen LogP contribution in [-0.2, 0) is 6.18 Å². The van der Waals surface area contributed by atoms with Crippen LogP contribution in [0.15, 0.2) is 16.6 Å². The molecular weight excluding hydrogens is 284 g/mol. The predicted octanol–water partition coefficient (Wildman–Crippen LogP) is 3.31. The van der Waals surface area contributed by atoms with Gasteiger partial charge in [0.05, 0.1) is 15.6 Å². The third kappa shape index (κ3) is 2.47. The summed E-state index contributed by atoms with van der Waals surface area (Å²) in [5, 5.41) is 8.45. The number of hydrogen-bond donors (Lipinski definition) is 1. The van der Waals surface area contributed by atoms with Crippen molar-refractivity contribution >= 4 is 21.9 Å². The van der Waals surface area contributed by atoms with Crippen molar-refractivity contribution in [2.24, 2.45) is 0 Å². The van der Waals surface area contributed by atoms with Gasteiger partial charge in [-0.2, -0.15) is 13.2 Å². The molecule has 2 nitrogen and oxygen atoms in total. The zero-order chi connectivity index (χ0) is 11.8. The molecule has 15 heavy (non-hydrogen) atoms. The van der Waals surface area contributed by atoms with E-state index in [0.717, 1.165) is 0 Å². The van der Waals surface area contributed by atoms with Gasteiger partial charge in [-0.25, -0.2) is 9.18 Å². The van der Waals surface area contributed by atoms with E-state index < -0.39 is 33.6 Å². The molecular formula is C8H3BrF4O2. The van der Waals surface area contributed by atoms with Crippen LogP contribution in [0.3, 0.4) is 0 Å². The van der Waals surface area contributed by atoms with E-state index in [1.807, 2.05) is 0 Å². The summed E-state index contributed by atoms with van der Waals surface area (Å²) < 4.78 is 49.1. The lowest BCUT2D eigenvalue weighted by Gasteiger charge is -2.09. The molecule has 0 amide bonds. The molecule has 0 aromatic heterocycles. The van der Waals surface area contributed by atoms with Crippen molar-refractivity contribution in [3.05, 3.63) is 33.5 Å². The molecule has 1 aromatic carbocycles. The first-order valence-electron chi connectivity index (χ1n) is 3.53. The molecule has 7 heteroatoms. The number of benzene rings is 1. The van der Waals surface area contributed by atoms with Crippen LogP contribution in [0.1, 0.15) is 15.9 Å². The highest BCUT2D eigenvalue weighted by Gasteiger charge is 2.33. The van der Waals surface area contributed by atoms with E-state index in [2.05, 4.69) is 15.9 Å². The number of halogens is 5. The van der Waals surface area contributed by atoms with Gasteiger partial charge in [-0.15, -0.1) is 0 Å². The largest absolute Gasteiger partial charge is 0.478 e. The maximum atomic E-state index is 13.0. The average molecular weight is 287 g/mol. The monoisotopic (exact) mass is 286 g/mol. The fourth-order valence-corrected chi connectivity index (χ4v) is 1.37. The predicted molar refractivity (Wildman–Crippen MR) is 46.1 cm³/mol. The molecule has 0 bridgehead atoms. The lowest BCUT2D eigenvalue weighted by Crippen LogP contribution is -2.09. The van der Waals surface area contributed by atoms with Crippen molar-refractivity contribution in [2.45, 2.75) is 6.18 Å². The van der Waals surface area contributed by atoms with Crippen molar-refractivity contribution < 1.29 is 27.5 Å². The zero-order valence-corrected chi connectivity index (χ0v) is 8.49. The van der Waals surface area contributed by atoms with Crippen molar-refractivity contribution in [3.8, 4) is 0 Å². The minimum absolute atomic E-state index is 0.252. The first-order valence-corrected chi connectivity index (χ1v) is 4.32. The Morgan fingerprint density at radius 2 is 1.87 bits per heavy atom. The Morgan fingerprint density at radius 1 is 1.33 bits per heavy atom. The number of hydrogen-bond acceptors (Lipinski definition) is 1. The molecule has 0 saturated heterocycles. The second-order valence-corrected chi connectivity index (χ2v) is 3.48. The maximum absolute atomic E-state index is 13.0. The van der Waals surface area contributed by atoms with Crippen LogP contribution in [0.5, 0.6) is 0 Å². The second-order valence-electron chi connectivity index (χ2n) is 2.62. The molecule has 1 rings (SSSR count). The molecule has 1 aromatic rings. The van der Waals surface area contributed by atoms with Crippen LogP contribution in [0, 0.1) is 5.82 Å². The van der Waals surface area contributed by atoms with Crippen LogP contribution in [-0.4, -0.2) is 11.1 Å². The van der Waals surface area contributed by atoms with Crippen molar-refractivity contribution in [1.82, 2.24) is 0 Å². The number of carbonyl (C=O) groups is 1. The third-order valence-corrected chi connectivity index (χ3v) is 2.16. The van der Waals surface area contributed by atoms with E-state index in [0.29, 0.717) is 6.07 Å². The Hall–Kier alpha value is -1.11. The molecule has 0 radical (unpaired) electrons. The second kappa shape index (κ2) is 3.80. The van der Waals surface area contributed by atoms with Crippen molar-refractivity contribution in [2.75, 3.05) is 0 Å². The summed E-state index contributed by atoms with van der Waals surface area (Å²) >= 11 is 2.52. The molecule has 0 heterocycles. The number of carboxylic acids is 1. The van der Waals surface area contributed by atoms with Gasteiger partial charge in [-0.3, -0.25) is 0 Å². The highest BCUT2D eigenvalue weighted by atomic mass is 79.9. The fraction of sp³-hybridized carbons (Fsp3) is 0.125. The van der Waals surface area contributed by atoms with E-state index in [9.17, 15) is 22.4 Å². The highest BCUT2D eigenvalue weighted by Crippen LogP contribution is 2.33. The zero-order valence-electron chi connectivity index (χ0n) is 6.90. The molecule has 0 unspecified atom stereocenters. The molecule has 0 spiro atoms. The molecule has 1 N–H and O–H groups in total. The molecule has 0 atom stereocenters. The van der Waals surface area contributed by atoms with Gasteiger partial charge >= 0.3 is 12.1 Å². The summed E-state index contributed by atoms with van der Waals surface area (Å²) in [6.07, 6.45) is -4.71. The standard InChI is InChI=1S/C8H3BrF4O2/c9-5-2-3(8(11,12)13)1-4(6(5)10)7(14)15/h1-2H,(H,14,15). The lowest BCUT2D eigenvalue weighted by atomic mass is 10.1. The molecule has 0 aliphatic heterocycles. The fourth-order valence-electron chi connectivity index (χ4n) is 0.908. The molecule has 0 aliphatic rings. The van der Waals surface area contributed by atoms with Gasteiger partial charge in [0.1, 0.15) is 0 Å². The topological polar surface area (TPSA) is 37.3 Å². The minimum Gasteiger partial charge on any atom is -0.478 e. The Bertz CT molecular complexity index is 414. The molecule has 82 valence electrons. The van der Waals surface area contributed by atoms with Gasteiger partial charge in [0, 0.05) is 0 Å². The summed E-state index contributed by atoms with van der Waals surface area (Å²) in [7, 11) is 0. The summed E-state index contributed by atoms with van der Waals surface area (Å²) in [6, 6.07) is 0.740. The lowest BCUT2D eigenvalue weighted by molar-refractivity contribution is -0.137. The molecule has 0 fully saturated rings. The number of rotatable bonds is 1. The third-order valence-electron chi connectivity index (χ3n) is 1.59. The summed E-state index contributed by atoms with van der Waals surface area (Å²) in [5.74, 6) is -2.98. The minimum atomic E-state index is -4.71. The first-order chi connectivity index (χ1) is 6.73. The Kier molecular flexibility index (Phi) is 3.03. The van der Waals surface area contributed by atoms with Crippen LogP contribution in [0.4, 0.5) is 17.6 Å². The van der Waals surface area contributed by atoms with Crippen molar-refractivity contribution in [1.29, 1.82) is 0 Å². The van der Waals surface area contributed by atoms with Crippen molar-refractivity contribution in [3.63, 3.8) is 0 Å². The van der Waals surface area contributed by atoms with Gasteiger partial charge in [-0.05, 0) is 28.1 Å². The maximum Gasteiger partial charge on any atom is 0.416 e. The van der Waals surface area contributed by atoms with Gasteiger partial charge in [0.15, 0.2) is 5.82 Å². The smallest absolute Gasteiger partial charge is 0.416 e. The van der Waals surface area contributed by atoms with Crippen LogP contribution < -0.4 is 0 Å². The van der Waals surface area contributed by atoms with Crippen LogP contribution >= 0.6 is 15.9 Å². The van der Waals surface area contributed by atoms with Gasteiger partial charge in [0.25, 0.3) is 0 Å². The summed E-state index contributed by atoms with van der Waals surface area (Å²) in [6.45, 7) is 0. The highest BCUT2D eigenvalue weighted by molar-refractivity contribution is 9.10. The summed E-state index contributed by atoms with van der Waals surface area (Å²) in [5.41, 5.74) is -2.23. The first kappa shape index (κ1) is 12.0. The number of carboxylic acid groups (broad SMARTS) is 1. The van der Waals surface area contributed by atoms with Crippen LogP contribution in [0.25, 0.3) is 0 Å². The van der Waals surface area contributed by atoms with E-state index in [1.54, 1.807) is 0 Å². The summed E-state index contributed by atoms with van der Waals surface area (Å²) in [4.78, 5) is 10.4. The Labute approximate surface area is 89.6 Å². The van der Waals surface area contributed by atoms with E-state index in [-0.39, 0.29) is 6.07 Å². The van der Waals surface area contributed by atoms with Gasteiger partial charge in [-0.1, -0.05) is 0 Å².